The van der Waals surface area contributed by atoms with Crippen LogP contribution in [0.2, 0.25) is 5.02 Å². The molecule has 2 heteroatoms. The molecule has 0 radical (unpaired) electrons. The number of anilines is 2. The average molecular weight is 486 g/mol. The fourth-order valence-corrected chi connectivity index (χ4v) is 5.70. The third-order valence-electron chi connectivity index (χ3n) is 7.42. The van der Waals surface area contributed by atoms with Crippen LogP contribution in [0.3, 0.4) is 0 Å². The van der Waals surface area contributed by atoms with E-state index in [0.29, 0.717) is 0 Å². The maximum Gasteiger partial charge on any atom is 0.0643 e. The summed E-state index contributed by atoms with van der Waals surface area (Å²) in [6.45, 7) is 5.37. The minimum absolute atomic E-state index is 0.0502. The molecule has 1 aliphatic rings. The van der Waals surface area contributed by atoms with Crippen LogP contribution in [-0.2, 0) is 12.0 Å². The van der Waals surface area contributed by atoms with E-state index in [2.05, 4.69) is 128 Å². The summed E-state index contributed by atoms with van der Waals surface area (Å²) < 4.78 is 0. The molecule has 0 N–H and O–H groups in total. The van der Waals surface area contributed by atoms with Crippen molar-refractivity contribution in [1.82, 2.24) is 0 Å². The number of fused-ring (bicyclic) bond motifs is 3. The normalized spacial score (nSPS) is 13.2. The van der Waals surface area contributed by atoms with Crippen molar-refractivity contribution in [1.29, 1.82) is 0 Å². The Labute approximate surface area is 218 Å². The summed E-state index contributed by atoms with van der Waals surface area (Å²) in [7, 11) is 0. The highest BCUT2D eigenvalue weighted by Gasteiger charge is 2.35. The summed E-state index contributed by atoms with van der Waals surface area (Å²) in [5, 5.41) is 0.751. The third-order valence-corrected chi connectivity index (χ3v) is 7.74. The highest BCUT2D eigenvalue weighted by molar-refractivity contribution is 6.33. The maximum atomic E-state index is 6.75. The Balaban J connectivity index is 1.40. The Hall–Kier alpha value is -3.81. The Morgan fingerprint density at radius 3 is 2.03 bits per heavy atom. The molecule has 5 aromatic carbocycles. The van der Waals surface area contributed by atoms with E-state index in [1.54, 1.807) is 0 Å². The summed E-state index contributed by atoms with van der Waals surface area (Å²) >= 11 is 6.75. The number of rotatable bonds is 5. The van der Waals surface area contributed by atoms with Crippen molar-refractivity contribution >= 4 is 23.0 Å². The van der Waals surface area contributed by atoms with Crippen molar-refractivity contribution in [3.63, 3.8) is 0 Å². The molecule has 0 bridgehead atoms. The molecule has 0 amide bonds. The van der Waals surface area contributed by atoms with Crippen LogP contribution in [0.5, 0.6) is 0 Å². The van der Waals surface area contributed by atoms with Gasteiger partial charge in [-0.15, -0.1) is 0 Å². The Morgan fingerprint density at radius 2 is 1.25 bits per heavy atom. The molecule has 0 aliphatic heterocycles. The van der Waals surface area contributed by atoms with E-state index in [4.69, 9.17) is 11.6 Å². The number of benzene rings is 5. The van der Waals surface area contributed by atoms with Gasteiger partial charge in [0.25, 0.3) is 0 Å². The second-order valence-electron chi connectivity index (χ2n) is 10.0. The van der Waals surface area contributed by atoms with Crippen molar-refractivity contribution in [3.05, 3.63) is 143 Å². The molecule has 0 saturated carbocycles. The first-order valence-corrected chi connectivity index (χ1v) is 12.8. The van der Waals surface area contributed by atoms with Gasteiger partial charge in [-0.3, -0.25) is 0 Å². The zero-order valence-electron chi connectivity index (χ0n) is 20.6. The molecule has 6 rings (SSSR count). The third kappa shape index (κ3) is 3.90. The number of halogens is 1. The highest BCUT2D eigenvalue weighted by Crippen LogP contribution is 2.50. The molecular formula is C34H28ClN. The average Bonchev–Trinajstić information content (AvgIpc) is 3.15. The van der Waals surface area contributed by atoms with Gasteiger partial charge in [0.15, 0.2) is 0 Å². The first-order valence-electron chi connectivity index (χ1n) is 12.4. The van der Waals surface area contributed by atoms with Crippen LogP contribution >= 0.6 is 11.6 Å². The van der Waals surface area contributed by atoms with Gasteiger partial charge in [0.1, 0.15) is 0 Å². The smallest absolute Gasteiger partial charge is 0.0643 e. The fraction of sp³-hybridized carbons (Fsp3) is 0.118. The molecule has 1 nitrogen and oxygen atoms in total. The van der Waals surface area contributed by atoms with Crippen LogP contribution in [0.25, 0.3) is 22.3 Å². The molecule has 5 aromatic rings. The van der Waals surface area contributed by atoms with Crippen molar-refractivity contribution in [2.75, 3.05) is 4.90 Å². The molecular weight excluding hydrogens is 458 g/mol. The first-order chi connectivity index (χ1) is 17.5. The zero-order valence-corrected chi connectivity index (χ0v) is 21.3. The van der Waals surface area contributed by atoms with Gasteiger partial charge in [-0.2, -0.15) is 0 Å². The monoisotopic (exact) mass is 485 g/mol. The molecule has 0 saturated heterocycles. The molecule has 0 spiro atoms. The SMILES string of the molecule is CC1(C)c2ccccc2-c2ccc(N(Cc3ccc(-c4ccccc4)cc3)c3ccccc3Cl)cc21. The van der Waals surface area contributed by atoms with E-state index < -0.39 is 0 Å². The lowest BCUT2D eigenvalue weighted by Crippen LogP contribution is -2.19. The second kappa shape index (κ2) is 9.00. The lowest BCUT2D eigenvalue weighted by molar-refractivity contribution is 0.660. The van der Waals surface area contributed by atoms with Gasteiger partial charge in [-0.1, -0.05) is 123 Å². The van der Waals surface area contributed by atoms with E-state index in [9.17, 15) is 0 Å². The van der Waals surface area contributed by atoms with E-state index in [1.165, 1.54) is 38.9 Å². The zero-order chi connectivity index (χ0) is 24.7. The number of hydrogen-bond donors (Lipinski definition) is 0. The largest absolute Gasteiger partial charge is 0.336 e. The van der Waals surface area contributed by atoms with E-state index in [1.807, 2.05) is 12.1 Å². The molecule has 0 atom stereocenters. The van der Waals surface area contributed by atoms with E-state index >= 15 is 0 Å². The summed E-state index contributed by atoms with van der Waals surface area (Å²) in [4.78, 5) is 2.33. The second-order valence-corrected chi connectivity index (χ2v) is 10.4. The summed E-state index contributed by atoms with van der Waals surface area (Å²) in [5.74, 6) is 0. The van der Waals surface area contributed by atoms with Crippen LogP contribution in [-0.4, -0.2) is 0 Å². The molecule has 0 aromatic heterocycles. The lowest BCUT2D eigenvalue weighted by Gasteiger charge is -2.28. The van der Waals surface area contributed by atoms with Gasteiger partial charge < -0.3 is 4.90 Å². The topological polar surface area (TPSA) is 3.24 Å². The van der Waals surface area contributed by atoms with Gasteiger partial charge in [-0.25, -0.2) is 0 Å². The molecule has 0 fully saturated rings. The molecule has 176 valence electrons. The Kier molecular flexibility index (Phi) is 5.66. The Morgan fingerprint density at radius 1 is 0.611 bits per heavy atom. The fourth-order valence-electron chi connectivity index (χ4n) is 5.46. The minimum Gasteiger partial charge on any atom is -0.336 e. The van der Waals surface area contributed by atoms with Crippen LogP contribution in [0.1, 0.15) is 30.5 Å². The van der Waals surface area contributed by atoms with Gasteiger partial charge in [0.2, 0.25) is 0 Å². The maximum absolute atomic E-state index is 6.75. The first kappa shape index (κ1) is 22.6. The highest BCUT2D eigenvalue weighted by atomic mass is 35.5. The summed E-state index contributed by atoms with van der Waals surface area (Å²) in [6, 6.07) is 43.1. The van der Waals surface area contributed by atoms with Crippen molar-refractivity contribution < 1.29 is 0 Å². The van der Waals surface area contributed by atoms with Gasteiger partial charge in [0, 0.05) is 17.6 Å². The number of nitrogens with zero attached hydrogens (tertiary/aromatic N) is 1. The van der Waals surface area contributed by atoms with E-state index in [-0.39, 0.29) is 5.41 Å². The van der Waals surface area contributed by atoms with E-state index in [0.717, 1.165) is 22.9 Å². The summed E-state index contributed by atoms with van der Waals surface area (Å²) in [5.41, 5.74) is 11.2. The van der Waals surface area contributed by atoms with Crippen LogP contribution < -0.4 is 4.90 Å². The van der Waals surface area contributed by atoms with Gasteiger partial charge in [0.05, 0.1) is 10.7 Å². The molecule has 0 heterocycles. The van der Waals surface area contributed by atoms with Crippen LogP contribution in [0.15, 0.2) is 121 Å². The molecule has 36 heavy (non-hydrogen) atoms. The standard InChI is InChI=1S/C34H28ClN/c1-34(2)30-13-7-6-12-28(30)29-21-20-27(22-31(29)34)36(33-15-9-8-14-32(33)35)23-24-16-18-26(19-17-24)25-10-4-3-5-11-25/h3-22H,23H2,1-2H3. The molecule has 1 aliphatic carbocycles. The summed E-state index contributed by atoms with van der Waals surface area (Å²) in [6.07, 6.45) is 0. The Bertz CT molecular complexity index is 1530. The van der Waals surface area contributed by atoms with Crippen molar-refractivity contribution in [2.45, 2.75) is 25.8 Å². The van der Waals surface area contributed by atoms with Gasteiger partial charge in [-0.05, 0) is 63.2 Å². The lowest BCUT2D eigenvalue weighted by atomic mass is 9.82. The van der Waals surface area contributed by atoms with Crippen LogP contribution in [0.4, 0.5) is 11.4 Å². The number of hydrogen-bond acceptors (Lipinski definition) is 1. The van der Waals surface area contributed by atoms with Crippen molar-refractivity contribution in [2.24, 2.45) is 0 Å². The van der Waals surface area contributed by atoms with Crippen molar-refractivity contribution in [3.8, 4) is 22.3 Å². The number of para-hydroxylation sites is 1. The predicted octanol–water partition coefficient (Wildman–Crippen LogP) is 9.65. The quantitative estimate of drug-likeness (QED) is 0.239. The van der Waals surface area contributed by atoms with Gasteiger partial charge >= 0.3 is 0 Å². The minimum atomic E-state index is -0.0502. The van der Waals surface area contributed by atoms with Crippen LogP contribution in [0, 0.1) is 0 Å². The predicted molar refractivity (Wildman–Crippen MR) is 153 cm³/mol. The molecule has 0 unspecified atom stereocenters.